The van der Waals surface area contributed by atoms with Gasteiger partial charge in [-0.3, -0.25) is 0 Å². The molecule has 1 heterocycles. The van der Waals surface area contributed by atoms with Crippen molar-refractivity contribution in [1.82, 2.24) is 5.32 Å². The molecule has 1 unspecified atom stereocenters. The van der Waals surface area contributed by atoms with Crippen molar-refractivity contribution >= 4 is 6.21 Å². The standard InChI is InChI=1S/C19H25F3N3/c1-2-25(13-15-8-6-7-11-18(15)19(20,21)22)14-17(12-23-25)24-16-9-4-3-5-10-16/h6-8,11-12,14,16,24H,2-5,9-10,13H2,1H3/q+1. The Kier molecular flexibility index (Phi) is 5.18. The smallest absolute Gasteiger partial charge is 0.377 e. The molecule has 2 aliphatic rings. The Morgan fingerprint density at radius 2 is 1.88 bits per heavy atom. The predicted octanol–water partition coefficient (Wildman–Crippen LogP) is 4.81. The second kappa shape index (κ2) is 7.20. The largest absolute Gasteiger partial charge is 0.416 e. The van der Waals surface area contributed by atoms with Crippen LogP contribution in [0.5, 0.6) is 0 Å². The van der Waals surface area contributed by atoms with E-state index in [-0.39, 0.29) is 16.7 Å². The van der Waals surface area contributed by atoms with Gasteiger partial charge in [0.25, 0.3) is 0 Å². The van der Waals surface area contributed by atoms with Gasteiger partial charge >= 0.3 is 6.18 Å². The van der Waals surface area contributed by atoms with Crippen LogP contribution in [0.2, 0.25) is 0 Å². The monoisotopic (exact) mass is 352 g/mol. The Morgan fingerprint density at radius 1 is 1.16 bits per heavy atom. The predicted molar refractivity (Wildman–Crippen MR) is 92.5 cm³/mol. The highest BCUT2D eigenvalue weighted by atomic mass is 19.4. The number of benzene rings is 1. The number of hydrogen-bond donors (Lipinski definition) is 1. The zero-order chi connectivity index (χ0) is 17.9. The summed E-state index contributed by atoms with van der Waals surface area (Å²) in [5, 5.41) is 8.05. The zero-order valence-electron chi connectivity index (χ0n) is 14.5. The number of halogens is 3. The lowest BCUT2D eigenvalue weighted by Crippen LogP contribution is -2.36. The SMILES string of the molecule is CC[N+]1(Cc2ccccc2C(F)(F)F)C=C(NC2CCCCC2)C=N1. The van der Waals surface area contributed by atoms with Gasteiger partial charge in [-0.1, -0.05) is 42.6 Å². The quantitative estimate of drug-likeness (QED) is 0.756. The van der Waals surface area contributed by atoms with E-state index in [0.717, 1.165) is 24.6 Å². The van der Waals surface area contributed by atoms with Crippen LogP contribution in [0.4, 0.5) is 13.2 Å². The first kappa shape index (κ1) is 18.0. The fraction of sp³-hybridized carbons (Fsp3) is 0.526. The average Bonchev–Trinajstić information content (AvgIpc) is 2.98. The van der Waals surface area contributed by atoms with Gasteiger partial charge in [-0.2, -0.15) is 17.8 Å². The van der Waals surface area contributed by atoms with Crippen LogP contribution < -0.4 is 5.32 Å². The average molecular weight is 352 g/mol. The molecule has 0 saturated heterocycles. The van der Waals surface area contributed by atoms with Crippen molar-refractivity contribution < 1.29 is 17.8 Å². The van der Waals surface area contributed by atoms with Crippen LogP contribution in [-0.2, 0) is 12.7 Å². The van der Waals surface area contributed by atoms with Gasteiger partial charge in [-0.05, 0) is 25.8 Å². The molecule has 1 aromatic carbocycles. The first-order chi connectivity index (χ1) is 11.9. The highest BCUT2D eigenvalue weighted by Gasteiger charge is 2.37. The molecule has 1 fully saturated rings. The summed E-state index contributed by atoms with van der Waals surface area (Å²) in [6.45, 7) is 2.77. The van der Waals surface area contributed by atoms with Crippen LogP contribution in [0, 0.1) is 0 Å². The Morgan fingerprint density at radius 3 is 2.56 bits per heavy atom. The lowest BCUT2D eigenvalue weighted by atomic mass is 9.95. The molecule has 0 bridgehead atoms. The third kappa shape index (κ3) is 4.24. The third-order valence-corrected chi connectivity index (χ3v) is 5.10. The summed E-state index contributed by atoms with van der Waals surface area (Å²) in [5.74, 6) is 0. The van der Waals surface area contributed by atoms with Gasteiger partial charge in [0.2, 0.25) is 0 Å². The van der Waals surface area contributed by atoms with Crippen LogP contribution in [0.3, 0.4) is 0 Å². The van der Waals surface area contributed by atoms with Crippen LogP contribution in [0.25, 0.3) is 0 Å². The van der Waals surface area contributed by atoms with Crippen molar-refractivity contribution in [2.24, 2.45) is 5.10 Å². The fourth-order valence-corrected chi connectivity index (χ4v) is 3.66. The molecule has 0 radical (unpaired) electrons. The highest BCUT2D eigenvalue weighted by Crippen LogP contribution is 2.34. The molecule has 3 rings (SSSR count). The second-order valence-electron chi connectivity index (χ2n) is 6.92. The van der Waals surface area contributed by atoms with E-state index in [1.165, 1.54) is 25.3 Å². The van der Waals surface area contributed by atoms with Gasteiger partial charge in [0.1, 0.15) is 31.2 Å². The third-order valence-electron chi connectivity index (χ3n) is 5.10. The molecule has 1 N–H and O–H groups in total. The molecule has 3 nitrogen and oxygen atoms in total. The van der Waals surface area contributed by atoms with E-state index >= 15 is 0 Å². The summed E-state index contributed by atoms with van der Waals surface area (Å²) in [4.78, 5) is 0. The van der Waals surface area contributed by atoms with Gasteiger partial charge in [0.15, 0.2) is 0 Å². The van der Waals surface area contributed by atoms with Gasteiger partial charge < -0.3 is 5.32 Å². The highest BCUT2D eigenvalue weighted by molar-refractivity contribution is 5.78. The van der Waals surface area contributed by atoms with Crippen molar-refractivity contribution in [2.45, 2.75) is 57.8 Å². The summed E-state index contributed by atoms with van der Waals surface area (Å²) < 4.78 is 40.0. The molecule has 0 aromatic heterocycles. The van der Waals surface area contributed by atoms with E-state index in [2.05, 4.69) is 10.4 Å². The fourth-order valence-electron chi connectivity index (χ4n) is 3.66. The number of hydrogen-bond acceptors (Lipinski definition) is 2. The maximum Gasteiger partial charge on any atom is 0.416 e. The van der Waals surface area contributed by atoms with E-state index in [1.807, 2.05) is 13.1 Å². The molecule has 1 atom stereocenters. The number of alkyl halides is 3. The van der Waals surface area contributed by atoms with E-state index < -0.39 is 11.7 Å². The maximum absolute atomic E-state index is 13.3. The van der Waals surface area contributed by atoms with Gasteiger partial charge in [0, 0.05) is 11.6 Å². The maximum atomic E-state index is 13.3. The van der Waals surface area contributed by atoms with Crippen LogP contribution in [0.1, 0.15) is 50.2 Å². The molecule has 0 amide bonds. The Balaban J connectivity index is 1.78. The molecular weight excluding hydrogens is 327 g/mol. The van der Waals surface area contributed by atoms with Crippen LogP contribution in [-0.4, -0.2) is 23.4 Å². The topological polar surface area (TPSA) is 24.4 Å². The molecule has 0 spiro atoms. The number of allylic oxidation sites excluding steroid dienone is 1. The van der Waals surface area contributed by atoms with Gasteiger partial charge in [-0.15, -0.1) is 0 Å². The molecule has 1 saturated carbocycles. The Bertz CT molecular complexity index is 660. The zero-order valence-corrected chi connectivity index (χ0v) is 14.5. The van der Waals surface area contributed by atoms with Crippen molar-refractivity contribution in [2.75, 3.05) is 6.54 Å². The Labute approximate surface area is 146 Å². The van der Waals surface area contributed by atoms with E-state index in [9.17, 15) is 13.2 Å². The lowest BCUT2D eigenvalue weighted by Gasteiger charge is -2.26. The van der Waals surface area contributed by atoms with Gasteiger partial charge in [0.05, 0.1) is 5.56 Å². The summed E-state index contributed by atoms with van der Waals surface area (Å²) in [5.41, 5.74) is 0.639. The van der Waals surface area contributed by atoms with Crippen molar-refractivity contribution in [3.63, 3.8) is 0 Å². The van der Waals surface area contributed by atoms with E-state index in [0.29, 0.717) is 12.6 Å². The number of nitrogens with one attached hydrogen (secondary N) is 1. The van der Waals surface area contributed by atoms with Crippen molar-refractivity contribution in [3.05, 3.63) is 47.3 Å². The molecule has 1 aliphatic carbocycles. The van der Waals surface area contributed by atoms with Crippen molar-refractivity contribution in [3.8, 4) is 0 Å². The minimum absolute atomic E-state index is 0.169. The summed E-state index contributed by atoms with van der Waals surface area (Å²) in [6, 6.07) is 6.23. The molecular formula is C19H25F3N3+. The first-order valence-electron chi connectivity index (χ1n) is 8.99. The number of quaternary nitrogens is 1. The van der Waals surface area contributed by atoms with Gasteiger partial charge in [-0.25, -0.2) is 0 Å². The minimum Gasteiger partial charge on any atom is -0.377 e. The second-order valence-corrected chi connectivity index (χ2v) is 6.92. The van der Waals surface area contributed by atoms with E-state index in [4.69, 9.17) is 0 Å². The molecule has 136 valence electrons. The molecule has 1 aromatic rings. The summed E-state index contributed by atoms with van der Waals surface area (Å²) in [6.07, 6.45) is 5.43. The molecule has 25 heavy (non-hydrogen) atoms. The normalized spacial score (nSPS) is 24.4. The number of nitrogens with zero attached hydrogens (tertiary/aromatic N) is 2. The number of rotatable bonds is 5. The molecule has 1 aliphatic heterocycles. The first-order valence-corrected chi connectivity index (χ1v) is 8.99. The van der Waals surface area contributed by atoms with E-state index in [1.54, 1.807) is 18.3 Å². The van der Waals surface area contributed by atoms with Crippen LogP contribution >= 0.6 is 0 Å². The lowest BCUT2D eigenvalue weighted by molar-refractivity contribution is -0.895. The Hall–Kier alpha value is -1.82. The van der Waals surface area contributed by atoms with Crippen molar-refractivity contribution in [1.29, 1.82) is 0 Å². The summed E-state index contributed by atoms with van der Waals surface area (Å²) in [7, 11) is 0. The summed E-state index contributed by atoms with van der Waals surface area (Å²) >= 11 is 0. The molecule has 6 heteroatoms. The van der Waals surface area contributed by atoms with Crippen LogP contribution in [0.15, 0.2) is 41.3 Å². The minimum atomic E-state index is -4.34.